The lowest BCUT2D eigenvalue weighted by atomic mass is 9.92. The molecule has 0 fully saturated rings. The molecule has 0 spiro atoms. The Hall–Kier alpha value is -2.16. The molecular weight excluding hydrogens is 265 g/mol. The lowest BCUT2D eigenvalue weighted by molar-refractivity contribution is 0.0676. The second-order valence-electron chi connectivity index (χ2n) is 5.58. The number of aryl methyl sites for hydroxylation is 1. The first kappa shape index (κ1) is 13.8. The molecule has 0 N–H and O–H groups in total. The standard InChI is InChI=1S/C18H18FNO/c1-12-5-3-4-6-16(12)18(21)20-10-9-14-7-8-15(19)11-17(14)13(20)2/h3-8,11,13H,9-10H2,1-2H3. The van der Waals surface area contributed by atoms with Crippen LogP contribution >= 0.6 is 0 Å². The topological polar surface area (TPSA) is 20.3 Å². The molecule has 1 aliphatic heterocycles. The van der Waals surface area contributed by atoms with Gasteiger partial charge >= 0.3 is 0 Å². The van der Waals surface area contributed by atoms with Crippen molar-refractivity contribution in [3.63, 3.8) is 0 Å². The van der Waals surface area contributed by atoms with Crippen molar-refractivity contribution in [2.45, 2.75) is 26.3 Å². The highest BCUT2D eigenvalue weighted by Crippen LogP contribution is 2.31. The minimum atomic E-state index is -0.245. The molecule has 1 aliphatic rings. The van der Waals surface area contributed by atoms with Gasteiger partial charge in [0.15, 0.2) is 0 Å². The van der Waals surface area contributed by atoms with E-state index in [9.17, 15) is 9.18 Å². The zero-order valence-corrected chi connectivity index (χ0v) is 12.3. The number of rotatable bonds is 1. The van der Waals surface area contributed by atoms with Gasteiger partial charge in [-0.2, -0.15) is 0 Å². The SMILES string of the molecule is Cc1ccccc1C(=O)N1CCc2ccc(F)cc2C1C. The van der Waals surface area contributed by atoms with E-state index in [0.29, 0.717) is 6.54 Å². The Labute approximate surface area is 124 Å². The fourth-order valence-electron chi connectivity index (χ4n) is 3.03. The van der Waals surface area contributed by atoms with Crippen LogP contribution < -0.4 is 0 Å². The molecule has 21 heavy (non-hydrogen) atoms. The summed E-state index contributed by atoms with van der Waals surface area (Å²) in [6, 6.07) is 12.4. The Morgan fingerprint density at radius 2 is 2.00 bits per heavy atom. The summed E-state index contributed by atoms with van der Waals surface area (Å²) in [5.74, 6) is -0.221. The molecule has 0 saturated heterocycles. The van der Waals surface area contributed by atoms with Crippen LogP contribution in [0.25, 0.3) is 0 Å². The van der Waals surface area contributed by atoms with E-state index in [-0.39, 0.29) is 17.8 Å². The van der Waals surface area contributed by atoms with Crippen molar-refractivity contribution in [1.29, 1.82) is 0 Å². The minimum Gasteiger partial charge on any atom is -0.332 e. The van der Waals surface area contributed by atoms with Gasteiger partial charge in [0.2, 0.25) is 0 Å². The average molecular weight is 283 g/mol. The van der Waals surface area contributed by atoms with Crippen LogP contribution in [0.2, 0.25) is 0 Å². The van der Waals surface area contributed by atoms with Crippen LogP contribution in [0.15, 0.2) is 42.5 Å². The summed E-state index contributed by atoms with van der Waals surface area (Å²) in [5.41, 5.74) is 3.75. The number of hydrogen-bond acceptors (Lipinski definition) is 1. The summed E-state index contributed by atoms with van der Waals surface area (Å²) in [5, 5.41) is 0. The molecule has 1 atom stereocenters. The van der Waals surface area contributed by atoms with Gasteiger partial charge in [0.25, 0.3) is 5.91 Å². The van der Waals surface area contributed by atoms with Gasteiger partial charge in [0.05, 0.1) is 6.04 Å². The van der Waals surface area contributed by atoms with Crippen molar-refractivity contribution in [3.8, 4) is 0 Å². The van der Waals surface area contributed by atoms with Gasteiger partial charge in [-0.15, -0.1) is 0 Å². The maximum Gasteiger partial charge on any atom is 0.254 e. The van der Waals surface area contributed by atoms with E-state index >= 15 is 0 Å². The molecule has 108 valence electrons. The lowest BCUT2D eigenvalue weighted by Gasteiger charge is -2.35. The molecule has 2 aromatic carbocycles. The van der Waals surface area contributed by atoms with E-state index in [1.807, 2.05) is 49.1 Å². The van der Waals surface area contributed by atoms with Gasteiger partial charge in [0.1, 0.15) is 5.82 Å². The van der Waals surface area contributed by atoms with Crippen molar-refractivity contribution >= 4 is 5.91 Å². The molecule has 0 aliphatic carbocycles. The number of carbonyl (C=O) groups excluding carboxylic acids is 1. The summed E-state index contributed by atoms with van der Waals surface area (Å²) in [4.78, 5) is 14.6. The van der Waals surface area contributed by atoms with Crippen LogP contribution in [-0.4, -0.2) is 17.4 Å². The number of carbonyl (C=O) groups is 1. The van der Waals surface area contributed by atoms with Gasteiger partial charge in [-0.1, -0.05) is 24.3 Å². The van der Waals surface area contributed by atoms with Crippen LogP contribution in [0.1, 0.15) is 40.0 Å². The summed E-state index contributed by atoms with van der Waals surface area (Å²) < 4.78 is 13.5. The Bertz CT molecular complexity index is 695. The van der Waals surface area contributed by atoms with E-state index in [1.54, 1.807) is 6.07 Å². The summed E-state index contributed by atoms with van der Waals surface area (Å²) in [6.07, 6.45) is 0.775. The normalized spacial score (nSPS) is 17.5. The predicted octanol–water partition coefficient (Wildman–Crippen LogP) is 3.89. The van der Waals surface area contributed by atoms with E-state index in [1.165, 1.54) is 6.07 Å². The predicted molar refractivity (Wildman–Crippen MR) is 80.7 cm³/mol. The zero-order chi connectivity index (χ0) is 15.0. The van der Waals surface area contributed by atoms with Gasteiger partial charge in [-0.3, -0.25) is 4.79 Å². The van der Waals surface area contributed by atoms with Gasteiger partial charge < -0.3 is 4.90 Å². The first-order valence-electron chi connectivity index (χ1n) is 7.23. The van der Waals surface area contributed by atoms with Crippen molar-refractivity contribution in [2.24, 2.45) is 0 Å². The van der Waals surface area contributed by atoms with Crippen molar-refractivity contribution in [1.82, 2.24) is 4.90 Å². The summed E-state index contributed by atoms with van der Waals surface area (Å²) in [7, 11) is 0. The molecule has 0 radical (unpaired) electrons. The molecule has 0 bridgehead atoms. The third kappa shape index (κ3) is 2.44. The fraction of sp³-hybridized carbons (Fsp3) is 0.278. The third-order valence-corrected chi connectivity index (χ3v) is 4.28. The van der Waals surface area contributed by atoms with E-state index in [2.05, 4.69) is 0 Å². The smallest absolute Gasteiger partial charge is 0.254 e. The fourth-order valence-corrected chi connectivity index (χ4v) is 3.03. The monoisotopic (exact) mass is 283 g/mol. The van der Waals surface area contributed by atoms with Gasteiger partial charge in [-0.05, 0) is 55.2 Å². The molecule has 1 amide bonds. The number of nitrogens with zero attached hydrogens (tertiary/aromatic N) is 1. The van der Waals surface area contributed by atoms with E-state index in [4.69, 9.17) is 0 Å². The first-order valence-corrected chi connectivity index (χ1v) is 7.23. The Kier molecular flexibility index (Phi) is 3.50. The van der Waals surface area contributed by atoms with Crippen LogP contribution in [0, 0.1) is 12.7 Å². The Morgan fingerprint density at radius 3 is 2.76 bits per heavy atom. The summed E-state index contributed by atoms with van der Waals surface area (Å²) in [6.45, 7) is 4.58. The molecule has 2 aromatic rings. The highest BCUT2D eigenvalue weighted by Gasteiger charge is 2.29. The molecule has 1 heterocycles. The number of benzene rings is 2. The molecule has 2 nitrogen and oxygen atoms in total. The molecule has 3 rings (SSSR count). The summed E-state index contributed by atoms with van der Waals surface area (Å²) >= 11 is 0. The largest absolute Gasteiger partial charge is 0.332 e. The number of fused-ring (bicyclic) bond motifs is 1. The van der Waals surface area contributed by atoms with Crippen LogP contribution in [0.4, 0.5) is 4.39 Å². The number of amides is 1. The first-order chi connectivity index (χ1) is 10.1. The van der Waals surface area contributed by atoms with Crippen molar-refractivity contribution in [2.75, 3.05) is 6.54 Å². The van der Waals surface area contributed by atoms with Gasteiger partial charge in [0, 0.05) is 12.1 Å². The highest BCUT2D eigenvalue weighted by atomic mass is 19.1. The molecule has 3 heteroatoms. The molecule has 0 saturated carbocycles. The second-order valence-corrected chi connectivity index (χ2v) is 5.58. The molecule has 0 aromatic heterocycles. The van der Waals surface area contributed by atoms with Crippen molar-refractivity contribution in [3.05, 3.63) is 70.5 Å². The van der Waals surface area contributed by atoms with Crippen LogP contribution in [0.5, 0.6) is 0 Å². The maximum absolute atomic E-state index is 13.5. The van der Waals surface area contributed by atoms with E-state index in [0.717, 1.165) is 28.7 Å². The highest BCUT2D eigenvalue weighted by molar-refractivity contribution is 5.96. The molecule has 1 unspecified atom stereocenters. The average Bonchev–Trinajstić information content (AvgIpc) is 2.48. The second kappa shape index (κ2) is 5.32. The minimum absolute atomic E-state index is 0.0236. The quantitative estimate of drug-likeness (QED) is 0.777. The lowest BCUT2D eigenvalue weighted by Crippen LogP contribution is -2.39. The third-order valence-electron chi connectivity index (χ3n) is 4.28. The maximum atomic E-state index is 13.5. The van der Waals surface area contributed by atoms with Crippen LogP contribution in [0.3, 0.4) is 0 Å². The zero-order valence-electron chi connectivity index (χ0n) is 12.3. The van der Waals surface area contributed by atoms with Gasteiger partial charge in [-0.25, -0.2) is 4.39 Å². The number of halogens is 1. The van der Waals surface area contributed by atoms with Crippen LogP contribution in [-0.2, 0) is 6.42 Å². The number of hydrogen-bond donors (Lipinski definition) is 0. The Balaban J connectivity index is 1.95. The van der Waals surface area contributed by atoms with Crippen molar-refractivity contribution < 1.29 is 9.18 Å². The Morgan fingerprint density at radius 1 is 1.24 bits per heavy atom. The molecular formula is C18H18FNO. The van der Waals surface area contributed by atoms with E-state index < -0.39 is 0 Å².